The Hall–Kier alpha value is -2.27. The average Bonchev–Trinajstić information content (AvgIpc) is 2.41. The lowest BCUT2D eigenvalue weighted by Crippen LogP contribution is -2.01. The summed E-state index contributed by atoms with van der Waals surface area (Å²) in [4.78, 5) is 0. The summed E-state index contributed by atoms with van der Waals surface area (Å²) in [6.07, 6.45) is 0.517. The summed E-state index contributed by atoms with van der Waals surface area (Å²) in [5.74, 6) is 0. The number of nitrogens with zero attached hydrogens (tertiary/aromatic N) is 1. The molecule has 0 saturated carbocycles. The summed E-state index contributed by atoms with van der Waals surface area (Å²) in [6.45, 7) is 0.681. The second-order valence-corrected chi connectivity index (χ2v) is 3.75. The first kappa shape index (κ1) is 11.2. The van der Waals surface area contributed by atoms with E-state index in [2.05, 4.69) is 29.6 Å². The van der Waals surface area contributed by atoms with E-state index in [1.165, 1.54) is 11.1 Å². The van der Waals surface area contributed by atoms with Crippen LogP contribution in [0.2, 0.25) is 0 Å². The lowest BCUT2D eigenvalue weighted by Gasteiger charge is -2.10. The molecule has 0 aromatic heterocycles. The average molecular weight is 222 g/mol. The summed E-state index contributed by atoms with van der Waals surface area (Å²) in [7, 11) is 0. The Morgan fingerprint density at radius 1 is 0.941 bits per heavy atom. The molecular formula is C15H14N2. The number of nitriles is 1. The van der Waals surface area contributed by atoms with Crippen molar-refractivity contribution in [3.63, 3.8) is 0 Å². The highest BCUT2D eigenvalue weighted by Crippen LogP contribution is 2.27. The molecule has 2 rings (SSSR count). The predicted octanol–water partition coefficient (Wildman–Crippen LogP) is 3.68. The van der Waals surface area contributed by atoms with Crippen LogP contribution in [0, 0.1) is 11.3 Å². The molecule has 0 unspecified atom stereocenters. The molecule has 1 N–H and O–H groups in total. The largest absolute Gasteiger partial charge is 0.384 e. The van der Waals surface area contributed by atoms with Crippen LogP contribution in [0.4, 0.5) is 5.69 Å². The van der Waals surface area contributed by atoms with E-state index < -0.39 is 0 Å². The number of rotatable bonds is 4. The lowest BCUT2D eigenvalue weighted by molar-refractivity contribution is 1.08. The highest BCUT2D eigenvalue weighted by atomic mass is 14.9. The van der Waals surface area contributed by atoms with Crippen LogP contribution in [0.25, 0.3) is 11.1 Å². The first-order valence-electron chi connectivity index (χ1n) is 5.67. The zero-order valence-electron chi connectivity index (χ0n) is 9.56. The second-order valence-electron chi connectivity index (χ2n) is 3.75. The van der Waals surface area contributed by atoms with Crippen LogP contribution >= 0.6 is 0 Å². The summed E-state index contributed by atoms with van der Waals surface area (Å²) in [5, 5.41) is 11.8. The van der Waals surface area contributed by atoms with Gasteiger partial charge in [-0.1, -0.05) is 48.5 Å². The Labute approximate surface area is 102 Å². The molecule has 17 heavy (non-hydrogen) atoms. The van der Waals surface area contributed by atoms with Gasteiger partial charge in [-0.2, -0.15) is 5.26 Å². The Morgan fingerprint density at radius 3 is 2.41 bits per heavy atom. The van der Waals surface area contributed by atoms with Gasteiger partial charge in [0.2, 0.25) is 0 Å². The Morgan fingerprint density at radius 2 is 1.65 bits per heavy atom. The summed E-state index contributed by atoms with van der Waals surface area (Å²) >= 11 is 0. The maximum Gasteiger partial charge on any atom is 0.0640 e. The van der Waals surface area contributed by atoms with Crippen molar-refractivity contribution in [2.45, 2.75) is 6.42 Å². The molecule has 2 nitrogen and oxygen atoms in total. The molecule has 0 heterocycles. The highest BCUT2D eigenvalue weighted by Gasteiger charge is 2.02. The maximum absolute atomic E-state index is 8.54. The van der Waals surface area contributed by atoms with Crippen molar-refractivity contribution in [1.82, 2.24) is 0 Å². The molecule has 0 aliphatic rings. The predicted molar refractivity (Wildman–Crippen MR) is 70.6 cm³/mol. The minimum atomic E-state index is 0.517. The molecule has 0 atom stereocenters. The van der Waals surface area contributed by atoms with Crippen LogP contribution in [0.3, 0.4) is 0 Å². The fourth-order valence-corrected chi connectivity index (χ4v) is 1.76. The highest BCUT2D eigenvalue weighted by molar-refractivity contribution is 5.77. The van der Waals surface area contributed by atoms with E-state index >= 15 is 0 Å². The van der Waals surface area contributed by atoms with Gasteiger partial charge in [0, 0.05) is 17.8 Å². The third-order valence-corrected chi connectivity index (χ3v) is 2.56. The number of hydrogen-bond donors (Lipinski definition) is 1. The molecule has 0 aliphatic heterocycles. The van der Waals surface area contributed by atoms with E-state index in [-0.39, 0.29) is 0 Å². The zero-order chi connectivity index (χ0) is 11.9. The number of benzene rings is 2. The smallest absolute Gasteiger partial charge is 0.0640 e. The van der Waals surface area contributed by atoms with Gasteiger partial charge in [-0.3, -0.25) is 0 Å². The van der Waals surface area contributed by atoms with Crippen molar-refractivity contribution in [1.29, 1.82) is 5.26 Å². The fourth-order valence-electron chi connectivity index (χ4n) is 1.76. The molecule has 0 saturated heterocycles. The normalized spacial score (nSPS) is 9.59. The molecule has 0 radical (unpaired) electrons. The molecule has 2 aromatic rings. The van der Waals surface area contributed by atoms with Gasteiger partial charge in [0.15, 0.2) is 0 Å². The van der Waals surface area contributed by atoms with Crippen molar-refractivity contribution < 1.29 is 0 Å². The molecule has 0 spiro atoms. The summed E-state index contributed by atoms with van der Waals surface area (Å²) in [6, 6.07) is 20.5. The van der Waals surface area contributed by atoms with Crippen LogP contribution in [0.15, 0.2) is 54.6 Å². The lowest BCUT2D eigenvalue weighted by atomic mass is 10.0. The van der Waals surface area contributed by atoms with Crippen molar-refractivity contribution in [3.8, 4) is 17.2 Å². The van der Waals surface area contributed by atoms with Crippen molar-refractivity contribution in [2.75, 3.05) is 11.9 Å². The fraction of sp³-hybridized carbons (Fsp3) is 0.133. The topological polar surface area (TPSA) is 35.8 Å². The SMILES string of the molecule is N#CCCNc1ccccc1-c1ccccc1. The quantitative estimate of drug-likeness (QED) is 0.801. The van der Waals surface area contributed by atoms with Gasteiger partial charge in [0.05, 0.1) is 12.5 Å². The van der Waals surface area contributed by atoms with Crippen molar-refractivity contribution >= 4 is 5.69 Å². The van der Waals surface area contributed by atoms with Gasteiger partial charge in [0.25, 0.3) is 0 Å². The van der Waals surface area contributed by atoms with Crippen LogP contribution in [0.5, 0.6) is 0 Å². The van der Waals surface area contributed by atoms with E-state index in [0.717, 1.165) is 5.69 Å². The zero-order valence-corrected chi connectivity index (χ0v) is 9.56. The monoisotopic (exact) mass is 222 g/mol. The Balaban J connectivity index is 2.25. The minimum absolute atomic E-state index is 0.517. The molecule has 2 aromatic carbocycles. The van der Waals surface area contributed by atoms with Gasteiger partial charge in [0.1, 0.15) is 0 Å². The van der Waals surface area contributed by atoms with Crippen molar-refractivity contribution in [3.05, 3.63) is 54.6 Å². The minimum Gasteiger partial charge on any atom is -0.384 e. The van der Waals surface area contributed by atoms with Gasteiger partial charge < -0.3 is 5.32 Å². The number of nitrogens with one attached hydrogen (secondary N) is 1. The van der Waals surface area contributed by atoms with Gasteiger partial charge in [-0.15, -0.1) is 0 Å². The Bertz CT molecular complexity index is 512. The van der Waals surface area contributed by atoms with E-state index in [1.54, 1.807) is 0 Å². The van der Waals surface area contributed by atoms with Crippen LogP contribution < -0.4 is 5.32 Å². The first-order chi connectivity index (χ1) is 8.42. The van der Waals surface area contributed by atoms with Crippen molar-refractivity contribution in [2.24, 2.45) is 0 Å². The molecule has 84 valence electrons. The second kappa shape index (κ2) is 5.72. The van der Waals surface area contributed by atoms with Gasteiger partial charge >= 0.3 is 0 Å². The van der Waals surface area contributed by atoms with E-state index in [0.29, 0.717) is 13.0 Å². The molecule has 0 amide bonds. The standard InChI is InChI=1S/C15H14N2/c16-11-6-12-17-15-10-5-4-9-14(15)13-7-2-1-3-8-13/h1-5,7-10,17H,6,12H2. The maximum atomic E-state index is 8.54. The van der Waals surface area contributed by atoms with Crippen LogP contribution in [-0.2, 0) is 0 Å². The summed E-state index contributed by atoms with van der Waals surface area (Å²) in [5.41, 5.74) is 3.44. The van der Waals surface area contributed by atoms with Gasteiger partial charge in [-0.25, -0.2) is 0 Å². The van der Waals surface area contributed by atoms with E-state index in [1.807, 2.05) is 36.4 Å². The molecule has 0 bridgehead atoms. The number of anilines is 1. The number of hydrogen-bond acceptors (Lipinski definition) is 2. The van der Waals surface area contributed by atoms with E-state index in [4.69, 9.17) is 5.26 Å². The Kier molecular flexibility index (Phi) is 3.77. The molecule has 0 aliphatic carbocycles. The first-order valence-corrected chi connectivity index (χ1v) is 5.67. The molecule has 0 fully saturated rings. The van der Waals surface area contributed by atoms with E-state index in [9.17, 15) is 0 Å². The summed E-state index contributed by atoms with van der Waals surface area (Å²) < 4.78 is 0. The number of para-hydroxylation sites is 1. The molecular weight excluding hydrogens is 208 g/mol. The van der Waals surface area contributed by atoms with Crippen LogP contribution in [0.1, 0.15) is 6.42 Å². The molecule has 2 heteroatoms. The van der Waals surface area contributed by atoms with Gasteiger partial charge in [-0.05, 0) is 11.6 Å². The van der Waals surface area contributed by atoms with Crippen LogP contribution in [-0.4, -0.2) is 6.54 Å². The third-order valence-electron chi connectivity index (χ3n) is 2.56. The third kappa shape index (κ3) is 2.85.